The van der Waals surface area contributed by atoms with Crippen molar-refractivity contribution in [2.24, 2.45) is 0 Å². The van der Waals surface area contributed by atoms with E-state index in [4.69, 9.17) is 9.47 Å². The van der Waals surface area contributed by atoms with Crippen LogP contribution >= 0.6 is 0 Å². The van der Waals surface area contributed by atoms with Crippen LogP contribution in [0.25, 0.3) is 0 Å². The molecular weight excluding hydrogens is 332 g/mol. The molecule has 1 aromatic rings. The Kier molecular flexibility index (Phi) is 6.66. The van der Waals surface area contributed by atoms with Crippen LogP contribution in [0.1, 0.15) is 50.2 Å². The van der Waals surface area contributed by atoms with E-state index in [-0.39, 0.29) is 12.1 Å². The second-order valence-corrected chi connectivity index (χ2v) is 6.90. The molecule has 3 heterocycles. The summed E-state index contributed by atoms with van der Waals surface area (Å²) in [5, 5.41) is 2.95. The number of aromatic nitrogens is 2. The van der Waals surface area contributed by atoms with Crippen molar-refractivity contribution < 1.29 is 14.3 Å². The fourth-order valence-electron chi connectivity index (χ4n) is 3.44. The first-order valence-electron chi connectivity index (χ1n) is 9.87. The van der Waals surface area contributed by atoms with Crippen molar-refractivity contribution in [3.05, 3.63) is 17.1 Å². The van der Waals surface area contributed by atoms with Crippen LogP contribution in [0.4, 0.5) is 4.79 Å². The molecule has 2 aliphatic rings. The zero-order valence-electron chi connectivity index (χ0n) is 15.9. The number of rotatable bonds is 5. The molecule has 144 valence electrons. The summed E-state index contributed by atoms with van der Waals surface area (Å²) in [4.78, 5) is 23.4. The van der Waals surface area contributed by atoms with Gasteiger partial charge < -0.3 is 19.7 Å². The number of likely N-dealkylation sites (tertiary alicyclic amines) is 1. The lowest BCUT2D eigenvalue weighted by atomic mass is 10.1. The van der Waals surface area contributed by atoms with E-state index in [0.717, 1.165) is 62.2 Å². The Morgan fingerprint density at radius 3 is 2.96 bits per heavy atom. The lowest BCUT2D eigenvalue weighted by Crippen LogP contribution is -2.48. The van der Waals surface area contributed by atoms with E-state index >= 15 is 0 Å². The fraction of sp³-hybridized carbons (Fsp3) is 0.737. The number of nitrogens with one attached hydrogen (secondary N) is 1. The van der Waals surface area contributed by atoms with Gasteiger partial charge in [-0.15, -0.1) is 0 Å². The van der Waals surface area contributed by atoms with E-state index in [1.54, 1.807) is 0 Å². The van der Waals surface area contributed by atoms with Gasteiger partial charge in [0.05, 0.1) is 25.5 Å². The van der Waals surface area contributed by atoms with Crippen LogP contribution in [0, 0.1) is 0 Å². The number of fused-ring (bicyclic) bond motifs is 1. The highest BCUT2D eigenvalue weighted by molar-refractivity contribution is 5.74. The Bertz CT molecular complexity index is 623. The first-order chi connectivity index (χ1) is 12.7. The zero-order chi connectivity index (χ0) is 18.4. The normalized spacial score (nSPS) is 20.2. The van der Waals surface area contributed by atoms with E-state index < -0.39 is 0 Å². The van der Waals surface area contributed by atoms with Crippen LogP contribution in [-0.2, 0) is 24.0 Å². The quantitative estimate of drug-likeness (QED) is 0.868. The van der Waals surface area contributed by atoms with Gasteiger partial charge in [0, 0.05) is 37.9 Å². The van der Waals surface area contributed by atoms with Crippen molar-refractivity contribution in [2.45, 2.75) is 58.5 Å². The van der Waals surface area contributed by atoms with E-state index in [1.807, 2.05) is 4.90 Å². The van der Waals surface area contributed by atoms with E-state index in [1.165, 1.54) is 0 Å². The lowest BCUT2D eigenvalue weighted by molar-refractivity contribution is 0.0962. The molecule has 1 saturated heterocycles. The number of aryl methyl sites for hydroxylation is 1. The summed E-state index contributed by atoms with van der Waals surface area (Å²) in [5.41, 5.74) is 2.13. The molecule has 1 fully saturated rings. The number of carbonyl (C=O) groups is 1. The molecule has 2 amide bonds. The minimum absolute atomic E-state index is 0.00399. The van der Waals surface area contributed by atoms with Crippen molar-refractivity contribution in [1.82, 2.24) is 20.2 Å². The number of carbonyl (C=O) groups excluding carboxylic acids is 1. The highest BCUT2D eigenvalue weighted by Gasteiger charge is 2.27. The molecule has 26 heavy (non-hydrogen) atoms. The van der Waals surface area contributed by atoms with Gasteiger partial charge in [0.15, 0.2) is 0 Å². The van der Waals surface area contributed by atoms with Gasteiger partial charge in [-0.3, -0.25) is 0 Å². The molecule has 0 aromatic carbocycles. The number of hydrogen-bond acceptors (Lipinski definition) is 5. The number of nitrogens with zero attached hydrogens (tertiary/aromatic N) is 3. The predicted molar refractivity (Wildman–Crippen MR) is 98.5 cm³/mol. The molecule has 1 unspecified atom stereocenters. The Labute approximate surface area is 155 Å². The number of hydrogen-bond donors (Lipinski definition) is 1. The van der Waals surface area contributed by atoms with Gasteiger partial charge in [0.2, 0.25) is 5.88 Å². The van der Waals surface area contributed by atoms with Crippen LogP contribution in [-0.4, -0.2) is 59.9 Å². The van der Waals surface area contributed by atoms with Gasteiger partial charge in [-0.2, -0.15) is 4.98 Å². The summed E-state index contributed by atoms with van der Waals surface area (Å²) in [7, 11) is 0. The van der Waals surface area contributed by atoms with E-state index in [0.29, 0.717) is 32.2 Å². The first kappa shape index (κ1) is 18.9. The Hall–Kier alpha value is -1.89. The largest absolute Gasteiger partial charge is 0.472 e. The molecule has 1 aromatic heterocycles. The topological polar surface area (TPSA) is 76.6 Å². The second kappa shape index (κ2) is 9.16. The molecule has 0 spiro atoms. The highest BCUT2D eigenvalue weighted by atomic mass is 16.5. The molecule has 7 heteroatoms. The van der Waals surface area contributed by atoms with Gasteiger partial charge in [0.25, 0.3) is 0 Å². The van der Waals surface area contributed by atoms with Crippen LogP contribution in [0.2, 0.25) is 0 Å². The van der Waals surface area contributed by atoms with Gasteiger partial charge in [0.1, 0.15) is 11.9 Å². The number of piperidine rings is 1. The van der Waals surface area contributed by atoms with E-state index in [9.17, 15) is 4.79 Å². The van der Waals surface area contributed by atoms with Crippen LogP contribution in [0.5, 0.6) is 5.88 Å². The molecule has 0 saturated carbocycles. The van der Waals surface area contributed by atoms with Crippen molar-refractivity contribution in [2.75, 3.05) is 32.8 Å². The molecule has 1 N–H and O–H groups in total. The van der Waals surface area contributed by atoms with Gasteiger partial charge >= 0.3 is 6.03 Å². The molecular formula is C19H30N4O3. The van der Waals surface area contributed by atoms with Gasteiger partial charge in [-0.1, -0.05) is 13.8 Å². The molecule has 0 radical (unpaired) electrons. The summed E-state index contributed by atoms with van der Waals surface area (Å²) in [6.45, 7) is 7.57. The molecule has 1 atom stereocenters. The Balaban J connectivity index is 1.72. The Morgan fingerprint density at radius 2 is 2.15 bits per heavy atom. The van der Waals surface area contributed by atoms with Crippen molar-refractivity contribution in [3.63, 3.8) is 0 Å². The average Bonchev–Trinajstić information content (AvgIpc) is 2.91. The highest BCUT2D eigenvalue weighted by Crippen LogP contribution is 2.26. The van der Waals surface area contributed by atoms with Crippen LogP contribution in [0.15, 0.2) is 0 Å². The maximum Gasteiger partial charge on any atom is 0.317 e. The van der Waals surface area contributed by atoms with Crippen molar-refractivity contribution in [1.29, 1.82) is 0 Å². The maximum atomic E-state index is 12.3. The molecule has 0 aliphatic carbocycles. The zero-order valence-corrected chi connectivity index (χ0v) is 15.9. The third kappa shape index (κ3) is 4.63. The predicted octanol–water partition coefficient (Wildman–Crippen LogP) is 2.12. The summed E-state index contributed by atoms with van der Waals surface area (Å²) in [5.74, 6) is 1.51. The average molecular weight is 362 g/mol. The first-order valence-corrected chi connectivity index (χ1v) is 9.87. The fourth-order valence-corrected chi connectivity index (χ4v) is 3.44. The smallest absolute Gasteiger partial charge is 0.317 e. The van der Waals surface area contributed by atoms with Crippen LogP contribution in [0.3, 0.4) is 0 Å². The summed E-state index contributed by atoms with van der Waals surface area (Å²) in [6.07, 6.45) is 5.16. The number of amides is 2. The molecule has 0 bridgehead atoms. The van der Waals surface area contributed by atoms with Gasteiger partial charge in [-0.05, 0) is 19.3 Å². The monoisotopic (exact) mass is 362 g/mol. The van der Waals surface area contributed by atoms with Crippen molar-refractivity contribution in [3.8, 4) is 5.88 Å². The number of ether oxygens (including phenoxy) is 2. The summed E-state index contributed by atoms with van der Waals surface area (Å²) >= 11 is 0. The van der Waals surface area contributed by atoms with Crippen molar-refractivity contribution >= 4 is 6.03 Å². The van der Waals surface area contributed by atoms with Gasteiger partial charge in [-0.25, -0.2) is 9.78 Å². The third-order valence-corrected chi connectivity index (χ3v) is 4.87. The molecule has 3 rings (SSSR count). The summed E-state index contributed by atoms with van der Waals surface area (Å²) < 4.78 is 11.9. The maximum absolute atomic E-state index is 12.3. The van der Waals surface area contributed by atoms with E-state index in [2.05, 4.69) is 29.1 Å². The second-order valence-electron chi connectivity index (χ2n) is 6.90. The van der Waals surface area contributed by atoms with Crippen LogP contribution < -0.4 is 10.1 Å². The lowest BCUT2D eigenvalue weighted by Gasteiger charge is -2.33. The molecule has 2 aliphatic heterocycles. The minimum Gasteiger partial charge on any atom is -0.472 e. The third-order valence-electron chi connectivity index (χ3n) is 4.87. The minimum atomic E-state index is -0.0241. The summed E-state index contributed by atoms with van der Waals surface area (Å²) in [6, 6.07) is 0.00399. The number of urea groups is 1. The molecule has 7 nitrogen and oxygen atoms in total. The SMILES string of the molecule is CCCNC(=O)N1CCCC(Oc2nc(CC)nc3c2CCOCC3)C1. The Morgan fingerprint density at radius 1 is 1.31 bits per heavy atom. The standard InChI is InChI=1S/C19H30N4O3/c1-3-9-20-19(24)23-10-5-6-14(13-23)26-18-15-7-11-25-12-8-16(15)21-17(4-2)22-18/h14H,3-13H2,1-2H3,(H,20,24).